The summed E-state index contributed by atoms with van der Waals surface area (Å²) in [5.41, 5.74) is 11.2. The molecule has 2 aromatic rings. The van der Waals surface area contributed by atoms with Gasteiger partial charge in [-0.3, -0.25) is 0 Å². The van der Waals surface area contributed by atoms with Crippen molar-refractivity contribution in [3.8, 4) is 0 Å². The maximum atomic E-state index is 6.31. The zero-order chi connectivity index (χ0) is 13.8. The molecule has 0 aliphatic heterocycles. The molecule has 2 aromatic carbocycles. The molecule has 100 valence electrons. The van der Waals surface area contributed by atoms with E-state index in [-0.39, 0.29) is 6.04 Å². The predicted octanol–water partition coefficient (Wildman–Crippen LogP) is 4.45. The minimum Gasteiger partial charge on any atom is -0.324 e. The second kappa shape index (κ2) is 6.23. The summed E-state index contributed by atoms with van der Waals surface area (Å²) in [5, 5.41) is 0.786. The lowest BCUT2D eigenvalue weighted by Crippen LogP contribution is -2.14. The molecular formula is C17H20ClN. The highest BCUT2D eigenvalue weighted by Crippen LogP contribution is 2.25. The summed E-state index contributed by atoms with van der Waals surface area (Å²) in [6.45, 7) is 4.19. The Morgan fingerprint density at radius 3 is 2.32 bits per heavy atom. The van der Waals surface area contributed by atoms with E-state index in [1.54, 1.807) is 0 Å². The number of nitrogens with two attached hydrogens (primary N) is 1. The lowest BCUT2D eigenvalue weighted by Gasteiger charge is -2.16. The van der Waals surface area contributed by atoms with E-state index >= 15 is 0 Å². The summed E-state index contributed by atoms with van der Waals surface area (Å²) in [5.74, 6) is 0. The van der Waals surface area contributed by atoms with Gasteiger partial charge in [0.15, 0.2) is 0 Å². The zero-order valence-corrected chi connectivity index (χ0v) is 12.2. The fraction of sp³-hybridized carbons (Fsp3) is 0.294. The molecule has 0 radical (unpaired) electrons. The lowest BCUT2D eigenvalue weighted by molar-refractivity contribution is 0.716. The number of hydrogen-bond acceptors (Lipinski definition) is 1. The Hall–Kier alpha value is -1.31. The van der Waals surface area contributed by atoms with E-state index in [0.717, 1.165) is 29.0 Å². The van der Waals surface area contributed by atoms with E-state index in [2.05, 4.69) is 37.3 Å². The largest absolute Gasteiger partial charge is 0.324 e. The van der Waals surface area contributed by atoms with Crippen molar-refractivity contribution in [2.24, 2.45) is 5.73 Å². The number of halogens is 1. The third-order valence-corrected chi connectivity index (χ3v) is 4.01. The lowest BCUT2D eigenvalue weighted by atomic mass is 9.95. The van der Waals surface area contributed by atoms with Gasteiger partial charge in [0.05, 0.1) is 0 Å². The van der Waals surface area contributed by atoms with Crippen molar-refractivity contribution >= 4 is 11.6 Å². The highest BCUT2D eigenvalue weighted by molar-refractivity contribution is 6.31. The number of aryl methyl sites for hydroxylation is 1. The van der Waals surface area contributed by atoms with Crippen LogP contribution in [0.2, 0.25) is 5.02 Å². The first-order chi connectivity index (χ1) is 9.11. The van der Waals surface area contributed by atoms with E-state index in [9.17, 15) is 0 Å². The average Bonchev–Trinajstić information content (AvgIpc) is 2.42. The van der Waals surface area contributed by atoms with E-state index < -0.39 is 0 Å². The Morgan fingerprint density at radius 1 is 1.05 bits per heavy atom. The van der Waals surface area contributed by atoms with Crippen molar-refractivity contribution in [3.05, 3.63) is 69.7 Å². The molecule has 0 saturated carbocycles. The molecule has 1 unspecified atom stereocenters. The molecule has 2 rings (SSSR count). The standard InChI is InChI=1S/C17H20ClN/c1-3-13-7-9-14(10-8-13)11-17(19)15-5-4-6-16(18)12(15)2/h4-10,17H,3,11,19H2,1-2H3. The van der Waals surface area contributed by atoms with Crippen molar-refractivity contribution in [2.45, 2.75) is 32.7 Å². The smallest absolute Gasteiger partial charge is 0.0438 e. The maximum absolute atomic E-state index is 6.31. The van der Waals surface area contributed by atoms with Gasteiger partial charge in [0.25, 0.3) is 0 Å². The molecule has 1 atom stereocenters. The van der Waals surface area contributed by atoms with Gasteiger partial charge in [-0.15, -0.1) is 0 Å². The van der Waals surface area contributed by atoms with Crippen LogP contribution in [0.3, 0.4) is 0 Å². The van der Waals surface area contributed by atoms with Crippen LogP contribution in [0, 0.1) is 6.92 Å². The van der Waals surface area contributed by atoms with Crippen LogP contribution in [-0.2, 0) is 12.8 Å². The van der Waals surface area contributed by atoms with Crippen molar-refractivity contribution in [1.82, 2.24) is 0 Å². The molecule has 0 aliphatic carbocycles. The average molecular weight is 274 g/mol. The van der Waals surface area contributed by atoms with Gasteiger partial charge in [-0.05, 0) is 48.1 Å². The highest BCUT2D eigenvalue weighted by atomic mass is 35.5. The second-order valence-corrected chi connectivity index (χ2v) is 5.34. The van der Waals surface area contributed by atoms with E-state index in [4.69, 9.17) is 17.3 Å². The fourth-order valence-electron chi connectivity index (χ4n) is 2.30. The number of rotatable bonds is 4. The van der Waals surface area contributed by atoms with Gasteiger partial charge < -0.3 is 5.73 Å². The van der Waals surface area contributed by atoms with Crippen LogP contribution < -0.4 is 5.73 Å². The minimum atomic E-state index is -0.00817. The van der Waals surface area contributed by atoms with Crippen LogP contribution in [0.5, 0.6) is 0 Å². The van der Waals surface area contributed by atoms with E-state index in [1.165, 1.54) is 11.1 Å². The second-order valence-electron chi connectivity index (χ2n) is 4.93. The molecule has 0 aliphatic rings. The Labute approximate surface area is 120 Å². The van der Waals surface area contributed by atoms with Gasteiger partial charge in [-0.2, -0.15) is 0 Å². The molecule has 0 aromatic heterocycles. The van der Waals surface area contributed by atoms with Crippen LogP contribution >= 0.6 is 11.6 Å². The third kappa shape index (κ3) is 3.37. The Balaban J connectivity index is 2.15. The first-order valence-corrected chi connectivity index (χ1v) is 7.08. The fourth-order valence-corrected chi connectivity index (χ4v) is 2.48. The first-order valence-electron chi connectivity index (χ1n) is 6.70. The molecule has 0 bridgehead atoms. The van der Waals surface area contributed by atoms with E-state index in [0.29, 0.717) is 0 Å². The molecule has 0 spiro atoms. The Morgan fingerprint density at radius 2 is 1.68 bits per heavy atom. The van der Waals surface area contributed by atoms with Crippen LogP contribution in [0.25, 0.3) is 0 Å². The monoisotopic (exact) mass is 273 g/mol. The zero-order valence-electron chi connectivity index (χ0n) is 11.5. The minimum absolute atomic E-state index is 0.00817. The topological polar surface area (TPSA) is 26.0 Å². The van der Waals surface area contributed by atoms with Crippen molar-refractivity contribution in [2.75, 3.05) is 0 Å². The maximum Gasteiger partial charge on any atom is 0.0438 e. The molecule has 0 fully saturated rings. The quantitative estimate of drug-likeness (QED) is 0.875. The van der Waals surface area contributed by atoms with Crippen LogP contribution in [-0.4, -0.2) is 0 Å². The number of benzene rings is 2. The molecule has 0 heterocycles. The summed E-state index contributed by atoms with van der Waals surface area (Å²) in [6, 6.07) is 14.6. The first kappa shape index (κ1) is 14.1. The molecule has 1 nitrogen and oxygen atoms in total. The molecular weight excluding hydrogens is 254 g/mol. The summed E-state index contributed by atoms with van der Waals surface area (Å²) in [6.07, 6.45) is 1.91. The summed E-state index contributed by atoms with van der Waals surface area (Å²) in [4.78, 5) is 0. The Bertz CT molecular complexity index is 546. The van der Waals surface area contributed by atoms with E-state index in [1.807, 2.05) is 19.1 Å². The molecule has 0 amide bonds. The van der Waals surface area contributed by atoms with Gasteiger partial charge in [0.2, 0.25) is 0 Å². The molecule has 19 heavy (non-hydrogen) atoms. The Kier molecular flexibility index (Phi) is 4.62. The molecule has 2 N–H and O–H groups in total. The third-order valence-electron chi connectivity index (χ3n) is 3.60. The van der Waals surface area contributed by atoms with Crippen molar-refractivity contribution < 1.29 is 0 Å². The van der Waals surface area contributed by atoms with Crippen molar-refractivity contribution in [1.29, 1.82) is 0 Å². The van der Waals surface area contributed by atoms with Gasteiger partial charge in [-0.25, -0.2) is 0 Å². The molecule has 0 saturated heterocycles. The van der Waals surface area contributed by atoms with Gasteiger partial charge in [0.1, 0.15) is 0 Å². The molecule has 2 heteroatoms. The summed E-state index contributed by atoms with van der Waals surface area (Å²) >= 11 is 6.14. The summed E-state index contributed by atoms with van der Waals surface area (Å²) < 4.78 is 0. The van der Waals surface area contributed by atoms with Crippen LogP contribution in [0.4, 0.5) is 0 Å². The van der Waals surface area contributed by atoms with Gasteiger partial charge in [-0.1, -0.05) is 54.9 Å². The van der Waals surface area contributed by atoms with Gasteiger partial charge in [0, 0.05) is 11.1 Å². The summed E-state index contributed by atoms with van der Waals surface area (Å²) in [7, 11) is 0. The van der Waals surface area contributed by atoms with Crippen LogP contribution in [0.15, 0.2) is 42.5 Å². The van der Waals surface area contributed by atoms with Crippen LogP contribution in [0.1, 0.15) is 35.2 Å². The highest BCUT2D eigenvalue weighted by Gasteiger charge is 2.11. The normalized spacial score (nSPS) is 12.4. The van der Waals surface area contributed by atoms with Crippen molar-refractivity contribution in [3.63, 3.8) is 0 Å². The SMILES string of the molecule is CCc1ccc(CC(N)c2cccc(Cl)c2C)cc1. The van der Waals surface area contributed by atoms with Gasteiger partial charge >= 0.3 is 0 Å². The number of hydrogen-bond donors (Lipinski definition) is 1. The predicted molar refractivity (Wildman–Crippen MR) is 82.6 cm³/mol.